The molecule has 0 radical (unpaired) electrons. The number of aromatic nitrogens is 1. The summed E-state index contributed by atoms with van der Waals surface area (Å²) in [4.78, 5) is 30.9. The maximum Gasteiger partial charge on any atom is 0.411 e. The van der Waals surface area contributed by atoms with Crippen LogP contribution in [0.1, 0.15) is 31.4 Å². The first kappa shape index (κ1) is 37.0. The topological polar surface area (TPSA) is 153 Å². The second-order valence-corrected chi connectivity index (χ2v) is 12.5. The highest BCUT2D eigenvalue weighted by Gasteiger charge is 2.33. The molecule has 1 atom stereocenters. The Morgan fingerprint density at radius 2 is 1.77 bits per heavy atom. The molecule has 3 aromatic carbocycles. The molecule has 1 aromatic heterocycles. The van der Waals surface area contributed by atoms with E-state index >= 15 is 0 Å². The molecular weight excluding hydrogens is 644 g/mol. The number of nitrogens with two attached hydrogens (primary N) is 1. The molecule has 1 saturated heterocycles. The van der Waals surface area contributed by atoms with Crippen molar-refractivity contribution in [3.8, 4) is 18.6 Å². The molecule has 2 heterocycles. The molecule has 0 spiro atoms. The zero-order valence-corrected chi connectivity index (χ0v) is 27.5. The van der Waals surface area contributed by atoms with Crippen LogP contribution in [0.3, 0.4) is 0 Å². The van der Waals surface area contributed by atoms with Crippen LogP contribution in [-0.2, 0) is 19.4 Å². The molecule has 0 unspecified atom stereocenters. The quantitative estimate of drug-likeness (QED) is 0.196. The van der Waals surface area contributed by atoms with Gasteiger partial charge in [-0.3, -0.25) is 10.1 Å². The Morgan fingerprint density at radius 3 is 2.44 bits per heavy atom. The third-order valence-corrected chi connectivity index (χ3v) is 9.24. The highest BCUT2D eigenvalue weighted by molar-refractivity contribution is 7.91. The summed E-state index contributed by atoms with van der Waals surface area (Å²) >= 11 is 0. The number of hydrogen-bond donors (Lipinski definition) is 3. The summed E-state index contributed by atoms with van der Waals surface area (Å²) in [6, 6.07) is 14.8. The normalized spacial score (nSPS) is 13.7. The molecule has 14 heteroatoms. The van der Waals surface area contributed by atoms with Crippen LogP contribution in [0.25, 0.3) is 10.8 Å². The minimum absolute atomic E-state index is 0.0402. The van der Waals surface area contributed by atoms with Gasteiger partial charge < -0.3 is 25.4 Å². The Labute approximate surface area is 278 Å². The zero-order valence-electron chi connectivity index (χ0n) is 26.7. The third kappa shape index (κ3) is 9.10. The fraction of sp³-hybridized carbons (Fsp3) is 0.265. The van der Waals surface area contributed by atoms with Crippen molar-refractivity contribution in [3.05, 3.63) is 84.1 Å². The van der Waals surface area contributed by atoms with Crippen LogP contribution in [0, 0.1) is 24.5 Å². The van der Waals surface area contributed by atoms with E-state index in [-0.39, 0.29) is 28.8 Å². The number of carbonyl (C=O) groups is 2. The smallest absolute Gasteiger partial charge is 0.411 e. The van der Waals surface area contributed by atoms with E-state index < -0.39 is 33.6 Å². The Hall–Kier alpha value is -5.42. The average Bonchev–Trinajstić information content (AvgIpc) is 3.59. The Bertz CT molecular complexity index is 1890. The van der Waals surface area contributed by atoms with Crippen molar-refractivity contribution >= 4 is 49.8 Å². The zero-order chi connectivity index (χ0) is 35.4. The van der Waals surface area contributed by atoms with Gasteiger partial charge in [0.2, 0.25) is 5.91 Å². The highest BCUT2D eigenvalue weighted by Crippen LogP contribution is 2.37. The third-order valence-electron chi connectivity index (χ3n) is 7.44. The van der Waals surface area contributed by atoms with E-state index in [9.17, 15) is 26.8 Å². The fourth-order valence-corrected chi connectivity index (χ4v) is 6.25. The molecule has 254 valence electrons. The van der Waals surface area contributed by atoms with Crippen molar-refractivity contribution in [2.45, 2.75) is 30.7 Å². The van der Waals surface area contributed by atoms with E-state index in [2.05, 4.69) is 37.9 Å². The largest absolute Gasteiger partial charge is 0.494 e. The summed E-state index contributed by atoms with van der Waals surface area (Å²) in [5, 5.41) is 7.48. The van der Waals surface area contributed by atoms with Crippen molar-refractivity contribution in [1.82, 2.24) is 9.88 Å². The number of methoxy groups -OCH3 is 2. The van der Waals surface area contributed by atoms with Gasteiger partial charge in [-0.2, -0.15) is 0 Å². The van der Waals surface area contributed by atoms with E-state index in [0.717, 1.165) is 35.0 Å². The van der Waals surface area contributed by atoms with Gasteiger partial charge in [0.05, 0.1) is 37.5 Å². The number of likely N-dealkylation sites (tertiary alicyclic amines) is 1. The number of rotatable bonds is 8. The second-order valence-electron chi connectivity index (χ2n) is 10.3. The van der Waals surface area contributed by atoms with Crippen molar-refractivity contribution in [2.24, 2.45) is 0 Å². The fourth-order valence-electron chi connectivity index (χ4n) is 5.11. The lowest BCUT2D eigenvalue weighted by Gasteiger charge is -2.27. The van der Waals surface area contributed by atoms with E-state index in [1.165, 1.54) is 32.4 Å². The number of carbonyl (C=O) groups excluding carboxylic acids is 2. The minimum Gasteiger partial charge on any atom is -0.494 e. The van der Waals surface area contributed by atoms with Gasteiger partial charge in [0.15, 0.2) is 21.4 Å². The van der Waals surface area contributed by atoms with E-state index in [0.29, 0.717) is 30.0 Å². The minimum atomic E-state index is -3.56. The predicted molar refractivity (Wildman–Crippen MR) is 181 cm³/mol. The van der Waals surface area contributed by atoms with Crippen LogP contribution >= 0.6 is 0 Å². The van der Waals surface area contributed by atoms with Gasteiger partial charge in [0.1, 0.15) is 11.6 Å². The molecule has 4 aromatic rings. The molecule has 11 nitrogen and oxygen atoms in total. The van der Waals surface area contributed by atoms with Crippen LogP contribution in [0.15, 0.2) is 71.8 Å². The van der Waals surface area contributed by atoms with E-state index in [1.807, 2.05) is 24.3 Å². The van der Waals surface area contributed by atoms with Crippen molar-refractivity contribution in [1.29, 1.82) is 0 Å². The summed E-state index contributed by atoms with van der Waals surface area (Å²) in [5.74, 6) is -1.01. The number of nitrogens with one attached hydrogen (secondary N) is 2. The Balaban J connectivity index is 0.000000442. The first-order chi connectivity index (χ1) is 23.0. The van der Waals surface area contributed by atoms with Gasteiger partial charge in [-0.15, -0.1) is 12.8 Å². The van der Waals surface area contributed by atoms with Crippen molar-refractivity contribution < 1.29 is 36.3 Å². The number of nitrogens with zero attached hydrogens (tertiary/aromatic N) is 2. The molecule has 1 aliphatic rings. The molecule has 5 rings (SSSR count). The standard InChI is InChI=1S/C25H29N5O5S.C7H6F2O.C2H2/c1-3-36(33,34)22-9-7-18(29-25(32)35-2)14-20(22)21-5-4-12-30(21)23(31)15-28-17-6-8-19-16(13-17)10-11-27-24(19)26;1-10-7-3-2-5(8)4-6(7)9;1-2/h6-11,13-14,21,28H,3-5,12,15H2,1-2H3,(H2,26,27)(H,29,32);2-4H,1H3;1-2H/t21-;;/m1../s1. The second kappa shape index (κ2) is 16.9. The number of sulfone groups is 1. The number of nitrogen functional groups attached to an aromatic ring is 1. The highest BCUT2D eigenvalue weighted by atomic mass is 32.2. The number of halogens is 2. The average molecular weight is 682 g/mol. The SMILES string of the molecule is C#C.CCS(=O)(=O)c1ccc(NC(=O)OC)cc1[C@H]1CCCN1C(=O)CNc1ccc2c(N)nccc2c1.COc1ccc(F)cc1F. The van der Waals surface area contributed by atoms with Gasteiger partial charge in [0.25, 0.3) is 0 Å². The number of hydrogen-bond acceptors (Lipinski definition) is 9. The Kier molecular flexibility index (Phi) is 13.1. The van der Waals surface area contributed by atoms with Gasteiger partial charge in [0, 0.05) is 35.6 Å². The molecule has 1 fully saturated rings. The lowest BCUT2D eigenvalue weighted by Crippen LogP contribution is -2.35. The molecular formula is C34H37F2N5O6S. The number of benzene rings is 3. The first-order valence-corrected chi connectivity index (χ1v) is 16.3. The molecule has 2 amide bonds. The number of terminal acetylenes is 1. The lowest BCUT2D eigenvalue weighted by atomic mass is 10.0. The number of ether oxygens (including phenoxy) is 2. The van der Waals surface area contributed by atoms with Crippen molar-refractivity contribution in [2.75, 3.05) is 49.4 Å². The van der Waals surface area contributed by atoms with Crippen molar-refractivity contribution in [3.63, 3.8) is 0 Å². The first-order valence-electron chi connectivity index (χ1n) is 14.7. The maximum atomic E-state index is 13.3. The number of pyridine rings is 1. The van der Waals surface area contributed by atoms with Crippen LogP contribution in [-0.4, -0.2) is 63.4 Å². The van der Waals surface area contributed by atoms with Crippen LogP contribution < -0.4 is 21.1 Å². The Morgan fingerprint density at radius 1 is 1.04 bits per heavy atom. The predicted octanol–water partition coefficient (Wildman–Crippen LogP) is 5.79. The summed E-state index contributed by atoms with van der Waals surface area (Å²) < 4.78 is 59.6. The molecule has 0 bridgehead atoms. The maximum absolute atomic E-state index is 13.3. The number of amides is 2. The molecule has 0 saturated carbocycles. The van der Waals surface area contributed by atoms with Gasteiger partial charge in [-0.1, -0.05) is 6.92 Å². The summed E-state index contributed by atoms with van der Waals surface area (Å²) in [6.45, 7) is 2.12. The van der Waals surface area contributed by atoms with E-state index in [1.54, 1.807) is 24.1 Å². The molecule has 1 aliphatic heterocycles. The molecule has 4 N–H and O–H groups in total. The van der Waals surface area contributed by atoms with Gasteiger partial charge in [-0.25, -0.2) is 27.0 Å². The number of anilines is 3. The van der Waals surface area contributed by atoms with Crippen LogP contribution in [0.5, 0.6) is 5.75 Å². The lowest BCUT2D eigenvalue weighted by molar-refractivity contribution is -0.130. The van der Waals surface area contributed by atoms with Crippen LogP contribution in [0.4, 0.5) is 30.8 Å². The molecule has 0 aliphatic carbocycles. The summed E-state index contributed by atoms with van der Waals surface area (Å²) in [5.41, 5.74) is 7.56. The number of fused-ring (bicyclic) bond motifs is 1. The van der Waals surface area contributed by atoms with E-state index in [4.69, 9.17) is 5.73 Å². The summed E-state index contributed by atoms with van der Waals surface area (Å²) in [6.07, 6.45) is 10.3. The van der Waals surface area contributed by atoms with Crippen LogP contribution in [0.2, 0.25) is 0 Å². The van der Waals surface area contributed by atoms with Gasteiger partial charge in [-0.05, 0) is 78.4 Å². The molecule has 48 heavy (non-hydrogen) atoms. The monoisotopic (exact) mass is 681 g/mol. The summed E-state index contributed by atoms with van der Waals surface area (Å²) in [7, 11) is -0.981. The van der Waals surface area contributed by atoms with Gasteiger partial charge >= 0.3 is 6.09 Å².